The molecule has 0 unspecified atom stereocenters. The molecule has 3 N–H and O–H groups in total. The predicted octanol–water partition coefficient (Wildman–Crippen LogP) is 2.91. The SMILES string of the molecule is CC/C=C(/C(=O)N[C@@H]1C(=O)N2C(C(=O)OCOC(=O)C(C)(C)C)=C(CSc3cnns3)CS[C@H]12)c1csc(N)n1. The number of rotatable bonds is 10. The van der Waals surface area contributed by atoms with Crippen molar-refractivity contribution in [2.24, 2.45) is 5.41 Å². The highest BCUT2D eigenvalue weighted by Gasteiger charge is 2.54. The molecule has 0 aliphatic carbocycles. The lowest BCUT2D eigenvalue weighted by Crippen LogP contribution is -2.70. The second-order valence-corrected chi connectivity index (χ2v) is 13.7. The van der Waals surface area contributed by atoms with Crippen LogP contribution in [0.3, 0.4) is 0 Å². The van der Waals surface area contributed by atoms with Gasteiger partial charge in [-0.15, -0.1) is 40.0 Å². The fourth-order valence-electron chi connectivity index (χ4n) is 3.73. The van der Waals surface area contributed by atoms with E-state index in [-0.39, 0.29) is 5.70 Å². The van der Waals surface area contributed by atoms with Crippen LogP contribution in [0.4, 0.5) is 5.13 Å². The van der Waals surface area contributed by atoms with Gasteiger partial charge in [0.15, 0.2) is 5.13 Å². The number of carbonyl (C=O) groups is 4. The molecule has 2 aliphatic rings. The first-order valence-electron chi connectivity index (χ1n) is 12.1. The molecule has 0 bridgehead atoms. The number of allylic oxidation sites excluding steroid dienone is 1. The van der Waals surface area contributed by atoms with Crippen molar-refractivity contribution in [1.29, 1.82) is 0 Å². The predicted molar refractivity (Wildman–Crippen MR) is 154 cm³/mol. The van der Waals surface area contributed by atoms with Crippen molar-refractivity contribution in [2.75, 3.05) is 24.0 Å². The Kier molecular flexibility index (Phi) is 9.53. The summed E-state index contributed by atoms with van der Waals surface area (Å²) in [4.78, 5) is 57.4. The fourth-order valence-corrected chi connectivity index (χ4v) is 7.20. The van der Waals surface area contributed by atoms with E-state index in [0.29, 0.717) is 39.9 Å². The second-order valence-electron chi connectivity index (χ2n) is 9.67. The number of β-lactam (4-membered cyclic amide) rings is 1. The lowest BCUT2D eigenvalue weighted by Gasteiger charge is -2.49. The molecular formula is C24H28N6O6S4. The number of nitrogen functional groups attached to an aromatic ring is 1. The molecule has 4 heterocycles. The number of ether oxygens (including phenoxy) is 2. The Balaban J connectivity index is 1.50. The summed E-state index contributed by atoms with van der Waals surface area (Å²) in [5.41, 5.74) is 6.51. The zero-order valence-corrected chi connectivity index (χ0v) is 25.4. The molecule has 0 radical (unpaired) electrons. The second kappa shape index (κ2) is 12.7. The van der Waals surface area contributed by atoms with Crippen LogP contribution in [-0.4, -0.2) is 72.9 Å². The van der Waals surface area contributed by atoms with E-state index in [2.05, 4.69) is 19.9 Å². The number of hydrogen-bond donors (Lipinski definition) is 2. The van der Waals surface area contributed by atoms with Gasteiger partial charge < -0.3 is 20.5 Å². The van der Waals surface area contributed by atoms with Crippen molar-refractivity contribution in [3.8, 4) is 0 Å². The molecule has 40 heavy (non-hydrogen) atoms. The number of aromatic nitrogens is 3. The summed E-state index contributed by atoms with van der Waals surface area (Å²) in [5.74, 6) is -1.39. The molecule has 2 atom stereocenters. The van der Waals surface area contributed by atoms with Crippen molar-refractivity contribution >= 4 is 80.9 Å². The maximum absolute atomic E-state index is 13.4. The number of nitrogens with one attached hydrogen (secondary N) is 1. The van der Waals surface area contributed by atoms with Crippen molar-refractivity contribution in [3.05, 3.63) is 34.6 Å². The van der Waals surface area contributed by atoms with Crippen LogP contribution in [0.5, 0.6) is 0 Å². The summed E-state index contributed by atoms with van der Waals surface area (Å²) in [6, 6.07) is -0.852. The molecule has 0 spiro atoms. The number of hydrogen-bond acceptors (Lipinski definition) is 14. The third-order valence-corrected chi connectivity index (χ3v) is 9.63. The van der Waals surface area contributed by atoms with E-state index in [4.69, 9.17) is 15.2 Å². The number of nitrogens with two attached hydrogens (primary N) is 1. The molecule has 4 rings (SSSR count). The fraction of sp³-hybridized carbons (Fsp3) is 0.458. The normalized spacial score (nSPS) is 19.1. The number of fused-ring (bicyclic) bond motifs is 1. The maximum Gasteiger partial charge on any atom is 0.357 e. The number of nitrogens with zero attached hydrogens (tertiary/aromatic N) is 4. The summed E-state index contributed by atoms with van der Waals surface area (Å²) in [5, 5.41) is 8.13. The standard InChI is InChI=1S/C24H28N6O6S4/c1-5-6-13(14-10-39-23(25)27-14)18(31)28-16-19(32)30-17(21(33)35-11-36-22(34)24(2,3)4)12(9-38-20(16)30)8-37-15-7-26-29-40-15/h6-7,10,16,20H,5,8-9,11H2,1-4H3,(H2,25,27)(H,28,31)/b13-6+/t16-,20-/m1/s1. The third kappa shape index (κ3) is 6.67. The molecule has 214 valence electrons. The van der Waals surface area contributed by atoms with Crippen LogP contribution in [0.25, 0.3) is 5.57 Å². The molecule has 16 heteroatoms. The Hall–Kier alpha value is -2.95. The van der Waals surface area contributed by atoms with Crippen LogP contribution in [0.1, 0.15) is 39.8 Å². The van der Waals surface area contributed by atoms with E-state index in [1.165, 1.54) is 51.3 Å². The first-order valence-corrected chi connectivity index (χ1v) is 15.8. The number of thiazole rings is 1. The first kappa shape index (κ1) is 30.0. The Bertz CT molecular complexity index is 1350. The number of anilines is 1. The minimum atomic E-state index is -0.852. The summed E-state index contributed by atoms with van der Waals surface area (Å²) in [6.45, 7) is 6.36. The average Bonchev–Trinajstić information content (AvgIpc) is 3.59. The molecule has 0 saturated carbocycles. The average molecular weight is 625 g/mol. The molecule has 2 aromatic heterocycles. The zero-order valence-electron chi connectivity index (χ0n) is 22.2. The van der Waals surface area contributed by atoms with Gasteiger partial charge in [-0.2, -0.15) is 0 Å². The van der Waals surface area contributed by atoms with E-state index in [1.54, 1.807) is 38.4 Å². The number of amides is 2. The zero-order chi connectivity index (χ0) is 29.0. The van der Waals surface area contributed by atoms with E-state index >= 15 is 0 Å². The Labute approximate surface area is 247 Å². The van der Waals surface area contributed by atoms with Crippen molar-refractivity contribution < 1.29 is 28.7 Å². The highest BCUT2D eigenvalue weighted by molar-refractivity contribution is 8.01. The first-order chi connectivity index (χ1) is 19.0. The van der Waals surface area contributed by atoms with Gasteiger partial charge in [0, 0.05) is 16.9 Å². The van der Waals surface area contributed by atoms with E-state index in [1.807, 2.05) is 6.92 Å². The van der Waals surface area contributed by atoms with E-state index in [0.717, 1.165) is 4.21 Å². The van der Waals surface area contributed by atoms with Crippen LogP contribution >= 0.6 is 46.4 Å². The highest BCUT2D eigenvalue weighted by atomic mass is 32.2. The van der Waals surface area contributed by atoms with Gasteiger partial charge in [-0.1, -0.05) is 17.5 Å². The van der Waals surface area contributed by atoms with Gasteiger partial charge in [-0.05, 0) is 44.3 Å². The van der Waals surface area contributed by atoms with E-state index in [9.17, 15) is 19.2 Å². The minimum Gasteiger partial charge on any atom is -0.427 e. The lowest BCUT2D eigenvalue weighted by molar-refractivity contribution is -0.173. The van der Waals surface area contributed by atoms with Crippen LogP contribution < -0.4 is 11.1 Å². The Morgan fingerprint density at radius 1 is 1.30 bits per heavy atom. The highest BCUT2D eigenvalue weighted by Crippen LogP contribution is 2.42. The van der Waals surface area contributed by atoms with Crippen LogP contribution in [0.2, 0.25) is 0 Å². The topological polar surface area (TPSA) is 167 Å². The van der Waals surface area contributed by atoms with Gasteiger partial charge in [0.2, 0.25) is 6.79 Å². The summed E-state index contributed by atoms with van der Waals surface area (Å²) in [6.07, 6.45) is 3.93. The van der Waals surface area contributed by atoms with Gasteiger partial charge in [0.25, 0.3) is 11.8 Å². The molecule has 1 fully saturated rings. The van der Waals surface area contributed by atoms with Gasteiger partial charge in [0.05, 0.1) is 22.9 Å². The van der Waals surface area contributed by atoms with Crippen LogP contribution in [0.15, 0.2) is 33.1 Å². The summed E-state index contributed by atoms with van der Waals surface area (Å²) in [7, 11) is 0. The molecule has 2 aromatic rings. The van der Waals surface area contributed by atoms with Gasteiger partial charge >= 0.3 is 11.9 Å². The number of esters is 2. The summed E-state index contributed by atoms with van der Waals surface area (Å²) >= 11 is 5.31. The summed E-state index contributed by atoms with van der Waals surface area (Å²) < 4.78 is 15.1. The van der Waals surface area contributed by atoms with Gasteiger partial charge in [-0.3, -0.25) is 19.3 Å². The smallest absolute Gasteiger partial charge is 0.357 e. The monoisotopic (exact) mass is 624 g/mol. The molecule has 1 saturated heterocycles. The molecule has 0 aromatic carbocycles. The van der Waals surface area contributed by atoms with Gasteiger partial charge in [0.1, 0.15) is 21.3 Å². The van der Waals surface area contributed by atoms with Crippen LogP contribution in [-0.2, 0) is 28.7 Å². The van der Waals surface area contributed by atoms with Gasteiger partial charge in [-0.25, -0.2) is 9.78 Å². The van der Waals surface area contributed by atoms with E-state index < -0.39 is 47.4 Å². The minimum absolute atomic E-state index is 0.0904. The Morgan fingerprint density at radius 3 is 2.70 bits per heavy atom. The van der Waals surface area contributed by atoms with Crippen LogP contribution in [0, 0.1) is 5.41 Å². The van der Waals surface area contributed by atoms with Crippen molar-refractivity contribution in [2.45, 2.75) is 49.7 Å². The molecular weight excluding hydrogens is 597 g/mol. The van der Waals surface area contributed by atoms with Crippen molar-refractivity contribution in [3.63, 3.8) is 0 Å². The lowest BCUT2D eigenvalue weighted by atomic mass is 9.98. The largest absolute Gasteiger partial charge is 0.427 e. The maximum atomic E-state index is 13.4. The molecule has 2 aliphatic heterocycles. The van der Waals surface area contributed by atoms with Crippen molar-refractivity contribution in [1.82, 2.24) is 24.8 Å². The Morgan fingerprint density at radius 2 is 2.08 bits per heavy atom. The third-order valence-electron chi connectivity index (χ3n) is 5.70. The number of thioether (sulfide) groups is 2. The number of carbonyl (C=O) groups excluding carboxylic acids is 4. The quantitative estimate of drug-likeness (QED) is 0.131. The molecule has 2 amide bonds. The molecule has 12 nitrogen and oxygen atoms in total.